The van der Waals surface area contributed by atoms with Gasteiger partial charge in [-0.25, -0.2) is 4.39 Å². The fourth-order valence-corrected chi connectivity index (χ4v) is 2.11. The van der Waals surface area contributed by atoms with Gasteiger partial charge < -0.3 is 10.4 Å². The first-order valence-electron chi connectivity index (χ1n) is 5.22. The molecule has 0 aromatic heterocycles. The molecule has 2 N–H and O–H groups in total. The van der Waals surface area contributed by atoms with E-state index in [0.29, 0.717) is 12.2 Å². The highest BCUT2D eigenvalue weighted by Gasteiger charge is 2.08. The highest BCUT2D eigenvalue weighted by atomic mass is 35.5. The van der Waals surface area contributed by atoms with Crippen molar-refractivity contribution in [2.75, 3.05) is 5.32 Å². The molecular formula is C13H10Cl2FNO. The quantitative estimate of drug-likeness (QED) is 0.873. The molecule has 0 heterocycles. The van der Waals surface area contributed by atoms with Crippen molar-refractivity contribution in [1.29, 1.82) is 0 Å². The van der Waals surface area contributed by atoms with E-state index < -0.39 is 5.82 Å². The molecule has 0 fully saturated rings. The van der Waals surface area contributed by atoms with Crippen LogP contribution in [0.2, 0.25) is 10.0 Å². The fourth-order valence-electron chi connectivity index (χ4n) is 1.52. The maximum absolute atomic E-state index is 13.0. The first kappa shape index (κ1) is 13.0. The summed E-state index contributed by atoms with van der Waals surface area (Å²) in [6.07, 6.45) is 0. The van der Waals surface area contributed by atoms with E-state index in [2.05, 4.69) is 5.32 Å². The third-order valence-corrected chi connectivity index (χ3v) is 3.01. The summed E-state index contributed by atoms with van der Waals surface area (Å²) in [5.41, 5.74) is 1.44. The van der Waals surface area contributed by atoms with Gasteiger partial charge in [0.1, 0.15) is 11.6 Å². The van der Waals surface area contributed by atoms with E-state index in [4.69, 9.17) is 28.3 Å². The number of hydrogen-bond donors (Lipinski definition) is 2. The SMILES string of the molecule is Oc1ccc(CNc2c(Cl)cc(F)cc2Cl)cc1. The van der Waals surface area contributed by atoms with Gasteiger partial charge >= 0.3 is 0 Å². The van der Waals surface area contributed by atoms with Crippen LogP contribution in [0.5, 0.6) is 5.75 Å². The van der Waals surface area contributed by atoms with Gasteiger partial charge in [-0.3, -0.25) is 0 Å². The van der Waals surface area contributed by atoms with Crippen LogP contribution in [0, 0.1) is 5.82 Å². The Morgan fingerprint density at radius 2 is 1.61 bits per heavy atom. The number of rotatable bonds is 3. The fraction of sp³-hybridized carbons (Fsp3) is 0.0769. The zero-order valence-corrected chi connectivity index (χ0v) is 10.8. The highest BCUT2D eigenvalue weighted by molar-refractivity contribution is 6.39. The van der Waals surface area contributed by atoms with Crippen LogP contribution in [-0.4, -0.2) is 5.11 Å². The zero-order valence-electron chi connectivity index (χ0n) is 9.25. The molecule has 18 heavy (non-hydrogen) atoms. The van der Waals surface area contributed by atoms with Crippen molar-refractivity contribution in [1.82, 2.24) is 0 Å². The highest BCUT2D eigenvalue weighted by Crippen LogP contribution is 2.31. The van der Waals surface area contributed by atoms with E-state index in [9.17, 15) is 4.39 Å². The smallest absolute Gasteiger partial charge is 0.126 e. The van der Waals surface area contributed by atoms with Gasteiger partial charge in [0, 0.05) is 6.54 Å². The van der Waals surface area contributed by atoms with E-state index in [1.807, 2.05) is 0 Å². The maximum Gasteiger partial charge on any atom is 0.126 e. The monoisotopic (exact) mass is 285 g/mol. The Labute approximate surface area is 114 Å². The van der Waals surface area contributed by atoms with Gasteiger partial charge in [0.05, 0.1) is 15.7 Å². The van der Waals surface area contributed by atoms with Crippen LogP contribution in [0.25, 0.3) is 0 Å². The Morgan fingerprint density at radius 3 is 2.17 bits per heavy atom. The van der Waals surface area contributed by atoms with Crippen LogP contribution in [0.3, 0.4) is 0 Å². The van der Waals surface area contributed by atoms with Crippen molar-refractivity contribution in [2.24, 2.45) is 0 Å². The van der Waals surface area contributed by atoms with Gasteiger partial charge in [0.15, 0.2) is 0 Å². The number of phenolic OH excluding ortho intramolecular Hbond substituents is 1. The van der Waals surface area contributed by atoms with Crippen LogP contribution in [0.15, 0.2) is 36.4 Å². The van der Waals surface area contributed by atoms with Gasteiger partial charge in [0.2, 0.25) is 0 Å². The minimum absolute atomic E-state index is 0.205. The number of aromatic hydroxyl groups is 1. The third-order valence-electron chi connectivity index (χ3n) is 2.41. The molecule has 0 aliphatic rings. The van der Waals surface area contributed by atoms with Crippen molar-refractivity contribution in [3.63, 3.8) is 0 Å². The molecule has 0 saturated carbocycles. The third kappa shape index (κ3) is 3.06. The molecule has 0 radical (unpaired) electrons. The number of anilines is 1. The summed E-state index contributed by atoms with van der Waals surface area (Å²) in [5.74, 6) is -0.267. The Kier molecular flexibility index (Phi) is 3.94. The Balaban J connectivity index is 2.13. The topological polar surface area (TPSA) is 32.3 Å². The van der Waals surface area contributed by atoms with Crippen molar-refractivity contribution in [3.8, 4) is 5.75 Å². The molecule has 0 aliphatic carbocycles. The first-order chi connectivity index (χ1) is 8.56. The summed E-state index contributed by atoms with van der Waals surface area (Å²) in [6, 6.07) is 9.12. The Hall–Kier alpha value is -1.45. The lowest BCUT2D eigenvalue weighted by molar-refractivity contribution is 0.475. The second-order valence-electron chi connectivity index (χ2n) is 3.76. The molecule has 2 rings (SSSR count). The molecule has 0 spiro atoms. The van der Waals surface area contributed by atoms with Gasteiger partial charge in [-0.2, -0.15) is 0 Å². The average molecular weight is 286 g/mol. The number of hydrogen-bond acceptors (Lipinski definition) is 2. The lowest BCUT2D eigenvalue weighted by Crippen LogP contribution is -2.00. The number of halogens is 3. The Bertz CT molecular complexity index is 534. The van der Waals surface area contributed by atoms with Crippen LogP contribution in [0.4, 0.5) is 10.1 Å². The molecular weight excluding hydrogens is 276 g/mol. The summed E-state index contributed by atoms with van der Waals surface area (Å²) in [6.45, 7) is 0.478. The number of nitrogens with one attached hydrogen (secondary N) is 1. The van der Waals surface area contributed by atoms with Crippen molar-refractivity contribution >= 4 is 28.9 Å². The van der Waals surface area contributed by atoms with Crippen LogP contribution in [0.1, 0.15) is 5.56 Å². The Morgan fingerprint density at radius 1 is 1.06 bits per heavy atom. The normalized spacial score (nSPS) is 10.4. The van der Waals surface area contributed by atoms with Gasteiger partial charge in [-0.1, -0.05) is 35.3 Å². The number of benzene rings is 2. The summed E-state index contributed by atoms with van der Waals surface area (Å²) in [7, 11) is 0. The molecule has 0 atom stereocenters. The second-order valence-corrected chi connectivity index (χ2v) is 4.58. The van der Waals surface area contributed by atoms with Crippen molar-refractivity contribution in [2.45, 2.75) is 6.54 Å². The van der Waals surface area contributed by atoms with Gasteiger partial charge in [-0.05, 0) is 29.8 Å². The van der Waals surface area contributed by atoms with E-state index in [0.717, 1.165) is 5.56 Å². The molecule has 2 aromatic carbocycles. The molecule has 2 aromatic rings. The lowest BCUT2D eigenvalue weighted by atomic mass is 10.2. The van der Waals surface area contributed by atoms with Crippen molar-refractivity contribution in [3.05, 3.63) is 57.8 Å². The summed E-state index contributed by atoms with van der Waals surface area (Å²) in [5, 5.41) is 12.7. The standard InChI is InChI=1S/C13H10Cl2FNO/c14-11-5-9(16)6-12(15)13(11)17-7-8-1-3-10(18)4-2-8/h1-6,17-18H,7H2. The first-order valence-corrected chi connectivity index (χ1v) is 5.98. The van der Waals surface area contributed by atoms with E-state index in [-0.39, 0.29) is 15.8 Å². The molecule has 94 valence electrons. The van der Waals surface area contributed by atoms with E-state index in [1.54, 1.807) is 24.3 Å². The molecule has 0 unspecified atom stereocenters. The molecule has 0 saturated heterocycles. The minimum atomic E-state index is -0.472. The summed E-state index contributed by atoms with van der Waals surface area (Å²) < 4.78 is 13.0. The van der Waals surface area contributed by atoms with Crippen LogP contribution in [-0.2, 0) is 6.54 Å². The van der Waals surface area contributed by atoms with Crippen LogP contribution < -0.4 is 5.32 Å². The zero-order chi connectivity index (χ0) is 13.1. The predicted molar refractivity (Wildman–Crippen MR) is 71.9 cm³/mol. The second kappa shape index (κ2) is 5.46. The lowest BCUT2D eigenvalue weighted by Gasteiger charge is -2.10. The van der Waals surface area contributed by atoms with E-state index in [1.165, 1.54) is 12.1 Å². The average Bonchev–Trinajstić information content (AvgIpc) is 2.30. The molecule has 0 bridgehead atoms. The summed E-state index contributed by atoms with van der Waals surface area (Å²) >= 11 is 11.8. The van der Waals surface area contributed by atoms with Crippen LogP contribution >= 0.6 is 23.2 Å². The molecule has 2 nitrogen and oxygen atoms in total. The van der Waals surface area contributed by atoms with Gasteiger partial charge in [-0.15, -0.1) is 0 Å². The minimum Gasteiger partial charge on any atom is -0.508 e. The number of phenols is 1. The maximum atomic E-state index is 13.0. The summed E-state index contributed by atoms with van der Waals surface area (Å²) in [4.78, 5) is 0. The largest absolute Gasteiger partial charge is 0.508 e. The molecule has 0 aliphatic heterocycles. The van der Waals surface area contributed by atoms with Crippen molar-refractivity contribution < 1.29 is 9.50 Å². The van der Waals surface area contributed by atoms with Gasteiger partial charge in [0.25, 0.3) is 0 Å². The molecule has 5 heteroatoms. The molecule has 0 amide bonds. The predicted octanol–water partition coefficient (Wildman–Crippen LogP) is 4.45. The van der Waals surface area contributed by atoms with E-state index >= 15 is 0 Å².